The van der Waals surface area contributed by atoms with Gasteiger partial charge in [-0.25, -0.2) is 4.98 Å². The third-order valence-electron chi connectivity index (χ3n) is 6.11. The molecule has 2 heteroatoms. The quantitative estimate of drug-likeness (QED) is 0.272. The normalized spacial score (nSPS) is 13.1. The molecule has 0 saturated carbocycles. The molecule has 5 rings (SSSR count). The van der Waals surface area contributed by atoms with Crippen molar-refractivity contribution in [2.24, 2.45) is 0 Å². The van der Waals surface area contributed by atoms with Gasteiger partial charge >= 0.3 is 0 Å². The zero-order valence-electron chi connectivity index (χ0n) is 21.6. The first-order valence-electron chi connectivity index (χ1n) is 12.4. The number of imidazole rings is 1. The lowest BCUT2D eigenvalue weighted by Gasteiger charge is -2.24. The molecule has 2 nitrogen and oxygen atoms in total. The van der Waals surface area contributed by atoms with Crippen LogP contribution in [0.5, 0.6) is 0 Å². The molecule has 5 aromatic rings. The molecule has 0 amide bonds. The van der Waals surface area contributed by atoms with Crippen LogP contribution in [0.3, 0.4) is 0 Å². The summed E-state index contributed by atoms with van der Waals surface area (Å²) in [5.41, 5.74) is 7.56. The van der Waals surface area contributed by atoms with Crippen molar-refractivity contribution in [3.63, 3.8) is 0 Å². The van der Waals surface area contributed by atoms with E-state index in [9.17, 15) is 0 Å². The Hall–Kier alpha value is -3.65. The van der Waals surface area contributed by atoms with Gasteiger partial charge in [0.1, 0.15) is 5.82 Å². The second-order valence-electron chi connectivity index (χ2n) is 8.91. The first-order valence-corrected chi connectivity index (χ1v) is 11.4. The second-order valence-corrected chi connectivity index (χ2v) is 8.91. The van der Waals surface area contributed by atoms with Crippen LogP contribution >= 0.6 is 0 Å². The molecular weight excluding hydrogens is 400 g/mol. The first kappa shape index (κ1) is 18.9. The van der Waals surface area contributed by atoms with Crippen LogP contribution in [-0.4, -0.2) is 9.55 Å². The van der Waals surface area contributed by atoms with Crippen molar-refractivity contribution in [2.75, 3.05) is 0 Å². The number of para-hydroxylation sites is 2. The lowest BCUT2D eigenvalue weighted by atomic mass is 9.88. The summed E-state index contributed by atoms with van der Waals surface area (Å²) in [5, 5.41) is 0. The van der Waals surface area contributed by atoms with Crippen LogP contribution in [0.1, 0.15) is 53.4 Å². The molecule has 0 saturated heterocycles. The number of rotatable bonds is 5. The van der Waals surface area contributed by atoms with Gasteiger partial charge in [0, 0.05) is 8.30 Å². The molecular formula is C31H30N2. The van der Waals surface area contributed by atoms with Crippen molar-refractivity contribution >= 4 is 11.0 Å². The van der Waals surface area contributed by atoms with Crippen LogP contribution in [-0.2, 0) is 0 Å². The van der Waals surface area contributed by atoms with E-state index < -0.39 is 11.8 Å². The van der Waals surface area contributed by atoms with E-state index in [1.54, 1.807) is 0 Å². The van der Waals surface area contributed by atoms with Crippen molar-refractivity contribution in [1.29, 1.82) is 0 Å². The van der Waals surface area contributed by atoms with Gasteiger partial charge in [-0.15, -0.1) is 0 Å². The summed E-state index contributed by atoms with van der Waals surface area (Å²) in [6, 6.07) is 32.7. The van der Waals surface area contributed by atoms with E-state index in [0.29, 0.717) is 0 Å². The third kappa shape index (κ3) is 3.87. The molecule has 1 aromatic heterocycles. The summed E-state index contributed by atoms with van der Waals surface area (Å²) in [6.07, 6.45) is 0. The maximum Gasteiger partial charge on any atom is 0.145 e. The van der Waals surface area contributed by atoms with Gasteiger partial charge in [-0.2, -0.15) is 0 Å². The third-order valence-corrected chi connectivity index (χ3v) is 6.11. The fraction of sp³-hybridized carbons (Fsp3) is 0.194. The van der Waals surface area contributed by atoms with Crippen LogP contribution in [0.4, 0.5) is 0 Å². The Morgan fingerprint density at radius 2 is 1.15 bits per heavy atom. The van der Waals surface area contributed by atoms with Crippen LogP contribution < -0.4 is 0 Å². The van der Waals surface area contributed by atoms with Gasteiger partial charge in [0.05, 0.1) is 16.7 Å². The minimum Gasteiger partial charge on any atom is -0.292 e. The van der Waals surface area contributed by atoms with Gasteiger partial charge in [-0.05, 0) is 58.3 Å². The van der Waals surface area contributed by atoms with Gasteiger partial charge in [-0.1, -0.05) is 100 Å². The topological polar surface area (TPSA) is 17.8 Å². The van der Waals surface area contributed by atoms with Gasteiger partial charge in [-0.3, -0.25) is 4.57 Å². The fourth-order valence-electron chi connectivity index (χ4n) is 4.47. The van der Waals surface area contributed by atoms with Crippen molar-refractivity contribution in [3.8, 4) is 28.2 Å². The first-order chi connectivity index (χ1) is 16.6. The molecule has 4 aromatic carbocycles. The summed E-state index contributed by atoms with van der Waals surface area (Å²) in [6.45, 7) is 7.68. The molecule has 0 spiro atoms. The monoisotopic (exact) mass is 432 g/mol. The lowest BCUT2D eigenvalue weighted by molar-refractivity contribution is 0.811. The van der Waals surface area contributed by atoms with Gasteiger partial charge in [0.15, 0.2) is 0 Å². The molecule has 0 radical (unpaired) electrons. The largest absolute Gasteiger partial charge is 0.292 e. The molecule has 0 aliphatic rings. The number of nitrogens with zero attached hydrogens (tertiary/aromatic N) is 2. The number of hydrogen-bond acceptors (Lipinski definition) is 1. The van der Waals surface area contributed by atoms with Crippen molar-refractivity contribution in [3.05, 3.63) is 108 Å². The van der Waals surface area contributed by atoms with Crippen molar-refractivity contribution < 1.29 is 2.74 Å². The summed E-state index contributed by atoms with van der Waals surface area (Å²) in [4.78, 5) is 5.03. The molecule has 1 heterocycles. The molecule has 0 N–H and O–H groups in total. The predicted octanol–water partition coefficient (Wildman–Crippen LogP) is 8.61. The Morgan fingerprint density at radius 3 is 1.73 bits per heavy atom. The highest BCUT2D eigenvalue weighted by Crippen LogP contribution is 2.39. The highest BCUT2D eigenvalue weighted by atomic mass is 15.1. The summed E-state index contributed by atoms with van der Waals surface area (Å²) < 4.78 is 20.5. The Morgan fingerprint density at radius 1 is 0.636 bits per heavy atom. The summed E-state index contributed by atoms with van der Waals surface area (Å²) in [5.74, 6) is -0.992. The fourth-order valence-corrected chi connectivity index (χ4v) is 4.47. The second kappa shape index (κ2) is 8.71. The van der Waals surface area contributed by atoms with E-state index in [0.717, 1.165) is 50.4 Å². The molecule has 0 aliphatic carbocycles. The zero-order chi connectivity index (χ0) is 24.8. The lowest BCUT2D eigenvalue weighted by Crippen LogP contribution is -2.09. The van der Waals surface area contributed by atoms with E-state index >= 15 is 0 Å². The Labute approximate surface area is 199 Å². The number of benzene rings is 4. The highest BCUT2D eigenvalue weighted by molar-refractivity contribution is 5.85. The molecule has 0 bridgehead atoms. The molecule has 0 atom stereocenters. The Kier molecular flexibility index (Phi) is 4.98. The van der Waals surface area contributed by atoms with Crippen LogP contribution in [0, 0.1) is 0 Å². The number of aromatic nitrogens is 2. The van der Waals surface area contributed by atoms with Gasteiger partial charge < -0.3 is 0 Å². The summed E-state index contributed by atoms with van der Waals surface area (Å²) in [7, 11) is 0. The smallest absolute Gasteiger partial charge is 0.145 e. The van der Waals surface area contributed by atoms with Crippen LogP contribution in [0.25, 0.3) is 39.2 Å². The van der Waals surface area contributed by atoms with E-state index in [-0.39, 0.29) is 0 Å². The summed E-state index contributed by atoms with van der Waals surface area (Å²) >= 11 is 0. The van der Waals surface area contributed by atoms with Gasteiger partial charge in [0.25, 0.3) is 0 Å². The van der Waals surface area contributed by atoms with Crippen molar-refractivity contribution in [1.82, 2.24) is 9.55 Å². The van der Waals surface area contributed by atoms with Crippen molar-refractivity contribution in [2.45, 2.75) is 39.5 Å². The van der Waals surface area contributed by atoms with E-state index in [4.69, 9.17) is 7.73 Å². The number of fused-ring (bicyclic) bond motifs is 1. The van der Waals surface area contributed by atoms with E-state index in [2.05, 4.69) is 47.0 Å². The molecule has 0 aliphatic heterocycles. The molecule has 0 unspecified atom stereocenters. The molecule has 164 valence electrons. The molecule has 0 fully saturated rings. The minimum atomic E-state index is -0.903. The maximum absolute atomic E-state index is 9.16. The zero-order valence-corrected chi connectivity index (χ0v) is 19.6. The number of hydrogen-bond donors (Lipinski definition) is 0. The maximum atomic E-state index is 9.16. The average Bonchev–Trinajstić information content (AvgIpc) is 3.22. The van der Waals surface area contributed by atoms with E-state index in [1.165, 1.54) is 0 Å². The van der Waals surface area contributed by atoms with Gasteiger partial charge in [0.2, 0.25) is 0 Å². The Balaban J connectivity index is 1.95. The minimum absolute atomic E-state index is 0.815. The van der Waals surface area contributed by atoms with Crippen LogP contribution in [0.15, 0.2) is 97.1 Å². The van der Waals surface area contributed by atoms with E-state index in [1.807, 2.05) is 82.3 Å². The predicted molar refractivity (Wildman–Crippen MR) is 140 cm³/mol. The molecule has 33 heavy (non-hydrogen) atoms. The average molecular weight is 433 g/mol. The van der Waals surface area contributed by atoms with Crippen LogP contribution in [0.2, 0.25) is 0 Å². The SMILES string of the molecule is [2H]C(C)(C)c1cc(-c2ccccc2)cc(C([2H])(C)C)c1-n1c(-c2ccccc2)nc2ccccc21. The standard InChI is InChI=1S/C31H30N2/c1-21(2)26-19-25(23-13-7-5-8-14-23)20-27(22(3)4)30(26)33-29-18-12-11-17-28(29)32-31(33)24-15-9-6-10-16-24/h5-22H,1-4H3/i21D,22D. The Bertz CT molecular complexity index is 1450. The highest BCUT2D eigenvalue weighted by Gasteiger charge is 2.23.